The van der Waals surface area contributed by atoms with E-state index in [1.54, 1.807) is 0 Å². The largest absolute Gasteiger partial charge is 0.472 e. The first-order valence-corrected chi connectivity index (χ1v) is 30.3. The third kappa shape index (κ3) is 49.7. The Balaban J connectivity index is 4.68. The second-order valence-electron chi connectivity index (χ2n) is 18.4. The molecule has 5 atom stereocenters. The summed E-state index contributed by atoms with van der Waals surface area (Å²) in [7, 11) is -9.73. The van der Waals surface area contributed by atoms with Crippen LogP contribution in [0, 0.1) is 0 Å². The van der Waals surface area contributed by atoms with E-state index in [2.05, 4.69) is 57.2 Å². The molecule has 0 radical (unpaired) electrons. The Kier molecular flexibility index (Phi) is 47.2. The predicted molar refractivity (Wildman–Crippen MR) is 279 cm³/mol. The fourth-order valence-corrected chi connectivity index (χ4v) is 8.58. The van der Waals surface area contributed by atoms with Crippen LogP contribution in [0.25, 0.3) is 0 Å². The lowest BCUT2D eigenvalue weighted by Gasteiger charge is -2.21. The molecular formula is C53H98O16P2. The van der Waals surface area contributed by atoms with Gasteiger partial charge in [0.2, 0.25) is 0 Å². The van der Waals surface area contributed by atoms with Gasteiger partial charge < -0.3 is 34.2 Å². The molecule has 0 aliphatic carbocycles. The predicted octanol–water partition coefficient (Wildman–Crippen LogP) is 13.2. The first-order chi connectivity index (χ1) is 34.2. The van der Waals surface area contributed by atoms with Gasteiger partial charge in [-0.2, -0.15) is 0 Å². The summed E-state index contributed by atoms with van der Waals surface area (Å²) in [5.74, 6) is -1.60. The van der Waals surface area contributed by atoms with Crippen LogP contribution in [0.3, 0.4) is 0 Å². The Labute approximate surface area is 428 Å². The van der Waals surface area contributed by atoms with Gasteiger partial charge in [0, 0.05) is 19.3 Å². The first-order valence-electron chi connectivity index (χ1n) is 27.3. The van der Waals surface area contributed by atoms with Gasteiger partial charge in [0.1, 0.15) is 25.4 Å². The summed E-state index contributed by atoms with van der Waals surface area (Å²) in [4.78, 5) is 57.7. The van der Waals surface area contributed by atoms with Crippen LogP contribution in [-0.2, 0) is 55.8 Å². The van der Waals surface area contributed by atoms with E-state index in [1.807, 2.05) is 0 Å². The molecule has 71 heavy (non-hydrogen) atoms. The van der Waals surface area contributed by atoms with Crippen molar-refractivity contribution in [2.45, 2.75) is 245 Å². The van der Waals surface area contributed by atoms with Crippen molar-refractivity contribution in [1.82, 2.24) is 0 Å². The zero-order valence-electron chi connectivity index (χ0n) is 44.1. The van der Waals surface area contributed by atoms with Crippen molar-refractivity contribution in [2.24, 2.45) is 0 Å². The van der Waals surface area contributed by atoms with Gasteiger partial charge in [0.05, 0.1) is 26.4 Å². The highest BCUT2D eigenvalue weighted by atomic mass is 31.2. The van der Waals surface area contributed by atoms with E-state index >= 15 is 0 Å². The van der Waals surface area contributed by atoms with Gasteiger partial charge in [-0.05, 0) is 83.5 Å². The van der Waals surface area contributed by atoms with Crippen LogP contribution in [0.1, 0.15) is 226 Å². The molecule has 0 aliphatic heterocycles. The van der Waals surface area contributed by atoms with Gasteiger partial charge in [0.15, 0.2) is 6.10 Å². The quantitative estimate of drug-likeness (QED) is 0.0146. The summed E-state index contributed by atoms with van der Waals surface area (Å²) in [5, 5.41) is 20.4. The van der Waals surface area contributed by atoms with Crippen LogP contribution >= 0.6 is 15.6 Å². The van der Waals surface area contributed by atoms with Crippen molar-refractivity contribution in [3.05, 3.63) is 36.5 Å². The van der Waals surface area contributed by atoms with Crippen molar-refractivity contribution < 1.29 is 75.8 Å². The van der Waals surface area contributed by atoms with Gasteiger partial charge in [-0.3, -0.25) is 32.5 Å². The molecule has 0 fully saturated rings. The molecule has 0 saturated heterocycles. The van der Waals surface area contributed by atoms with Gasteiger partial charge in [0.25, 0.3) is 0 Å². The number of phosphoric acid groups is 2. The molecule has 0 saturated carbocycles. The van der Waals surface area contributed by atoms with E-state index < -0.39 is 91.5 Å². The number of hydrogen-bond donors (Lipinski definition) is 4. The zero-order valence-corrected chi connectivity index (χ0v) is 45.9. The topological polar surface area (TPSA) is 231 Å². The third-order valence-electron chi connectivity index (χ3n) is 11.3. The van der Waals surface area contributed by atoms with Crippen LogP contribution in [0.4, 0.5) is 0 Å². The summed E-state index contributed by atoms with van der Waals surface area (Å²) < 4.78 is 60.3. The van der Waals surface area contributed by atoms with Gasteiger partial charge in [-0.25, -0.2) is 9.13 Å². The smallest absolute Gasteiger partial charge is 0.463 e. The maximum atomic E-state index is 12.8. The van der Waals surface area contributed by atoms with Crippen LogP contribution in [0.2, 0.25) is 0 Å². The number of carbonyl (C=O) groups excluding carboxylic acids is 3. The Hall–Kier alpha value is -2.23. The normalized spacial score (nSPS) is 15.0. The molecule has 0 bridgehead atoms. The molecule has 0 aromatic rings. The van der Waals surface area contributed by atoms with Gasteiger partial charge in [-0.1, -0.05) is 160 Å². The number of allylic oxidation sites excluding steroid dienone is 6. The minimum atomic E-state index is -4.90. The Morgan fingerprint density at radius 1 is 0.380 bits per heavy atom. The summed E-state index contributed by atoms with van der Waals surface area (Å²) in [5.41, 5.74) is 0. The number of esters is 3. The van der Waals surface area contributed by atoms with Crippen LogP contribution in [-0.4, -0.2) is 95.9 Å². The molecule has 0 heterocycles. The summed E-state index contributed by atoms with van der Waals surface area (Å²) in [6.07, 6.45) is 39.6. The summed E-state index contributed by atoms with van der Waals surface area (Å²) in [6.45, 7) is 2.51. The highest BCUT2D eigenvalue weighted by Gasteiger charge is 2.29. The molecule has 0 aromatic heterocycles. The lowest BCUT2D eigenvalue weighted by atomic mass is 10.1. The number of aliphatic hydroxyl groups excluding tert-OH is 2. The van der Waals surface area contributed by atoms with Crippen molar-refractivity contribution >= 4 is 33.6 Å². The first kappa shape index (κ1) is 68.8. The second-order valence-corrected chi connectivity index (χ2v) is 21.3. The molecular weight excluding hydrogens is 955 g/mol. The van der Waals surface area contributed by atoms with Gasteiger partial charge in [-0.15, -0.1) is 0 Å². The summed E-state index contributed by atoms with van der Waals surface area (Å²) >= 11 is 0. The van der Waals surface area contributed by atoms with Crippen LogP contribution in [0.5, 0.6) is 0 Å². The maximum Gasteiger partial charge on any atom is 0.472 e. The SMILES string of the molecule is CCCC/C=C\CCCCCCCC(=O)OCC(COP(=O)(O)OCC(O)COP(=O)(O)OCC(O)COC(=O)CCCCCCC/C=C\CCCCCC)OC(=O)CCCCCCC/C=C\CCCC. The molecule has 0 aromatic carbocycles. The van der Waals surface area contributed by atoms with E-state index in [0.717, 1.165) is 116 Å². The maximum absolute atomic E-state index is 12.8. The Morgan fingerprint density at radius 3 is 1.07 bits per heavy atom. The third-order valence-corrected chi connectivity index (χ3v) is 13.2. The van der Waals surface area contributed by atoms with Crippen molar-refractivity contribution in [1.29, 1.82) is 0 Å². The monoisotopic (exact) mass is 1050 g/mol. The molecule has 416 valence electrons. The van der Waals surface area contributed by atoms with Crippen molar-refractivity contribution in [2.75, 3.05) is 39.6 Å². The standard InChI is InChI=1S/C53H98O16P2/c1-4-7-10-13-16-19-22-23-26-28-30-33-36-39-51(56)63-42-48(54)43-65-70(59,60)66-44-49(55)45-67-71(61,62)68-47-50(69-53(58)41-38-35-32-29-25-21-18-15-12-9-6-3)46-64-52(57)40-37-34-31-27-24-20-17-14-11-8-5-2/h14-15,17-19,22,48-50,54-55H,4-13,16,20-21,23-47H2,1-3H3,(H,59,60)(H,61,62)/b17-14-,18-15-,22-19-. The van der Waals surface area contributed by atoms with Crippen LogP contribution in [0.15, 0.2) is 36.5 Å². The average molecular weight is 1050 g/mol. The number of ether oxygens (including phenoxy) is 3. The molecule has 16 nitrogen and oxygen atoms in total. The number of hydrogen-bond acceptors (Lipinski definition) is 14. The minimum absolute atomic E-state index is 0.0957. The molecule has 0 spiro atoms. The number of aliphatic hydroxyl groups is 2. The fourth-order valence-electron chi connectivity index (χ4n) is 6.99. The minimum Gasteiger partial charge on any atom is -0.463 e. The molecule has 0 aliphatic rings. The lowest BCUT2D eigenvalue weighted by Crippen LogP contribution is -2.30. The number of rotatable bonds is 52. The molecule has 4 N–H and O–H groups in total. The molecule has 18 heteroatoms. The average Bonchev–Trinajstić information content (AvgIpc) is 3.34. The van der Waals surface area contributed by atoms with E-state index in [1.165, 1.54) is 51.4 Å². The van der Waals surface area contributed by atoms with Crippen LogP contribution < -0.4 is 0 Å². The van der Waals surface area contributed by atoms with Gasteiger partial charge >= 0.3 is 33.6 Å². The number of phosphoric ester groups is 2. The van der Waals surface area contributed by atoms with E-state index in [4.69, 9.17) is 32.3 Å². The molecule has 5 unspecified atom stereocenters. The zero-order chi connectivity index (χ0) is 52.5. The Morgan fingerprint density at radius 2 is 0.676 bits per heavy atom. The van der Waals surface area contributed by atoms with E-state index in [0.29, 0.717) is 19.3 Å². The highest BCUT2D eigenvalue weighted by molar-refractivity contribution is 7.47. The van der Waals surface area contributed by atoms with Crippen molar-refractivity contribution in [3.63, 3.8) is 0 Å². The summed E-state index contributed by atoms with van der Waals surface area (Å²) in [6, 6.07) is 0. The lowest BCUT2D eigenvalue weighted by molar-refractivity contribution is -0.161. The van der Waals surface area contributed by atoms with Crippen molar-refractivity contribution in [3.8, 4) is 0 Å². The van der Waals surface area contributed by atoms with E-state index in [-0.39, 0.29) is 19.3 Å². The van der Waals surface area contributed by atoms with E-state index in [9.17, 15) is 43.5 Å². The molecule has 0 amide bonds. The number of carbonyl (C=O) groups is 3. The molecule has 0 rings (SSSR count). The fraction of sp³-hybridized carbons (Fsp3) is 0.830. The highest BCUT2D eigenvalue weighted by Crippen LogP contribution is 2.45. The Bertz CT molecular complexity index is 1470. The second kappa shape index (κ2) is 48.7. The number of unbranched alkanes of at least 4 members (excludes halogenated alkanes) is 23.